The Morgan fingerprint density at radius 1 is 1.17 bits per heavy atom. The largest absolute Gasteiger partial charge is 0.486 e. The molecule has 0 bridgehead atoms. The monoisotopic (exact) mass is 475 g/mol. The van der Waals surface area contributed by atoms with E-state index in [0.717, 1.165) is 8.95 Å². The first-order valence-corrected chi connectivity index (χ1v) is 8.96. The Bertz CT molecular complexity index is 785. The molecule has 2 aromatic carbocycles. The number of nitrogens with one attached hydrogen (secondary N) is 1. The summed E-state index contributed by atoms with van der Waals surface area (Å²) in [6.45, 7) is 0.790. The first kappa shape index (κ1) is 17.4. The molecule has 1 aliphatic heterocycles. The lowest BCUT2D eigenvalue weighted by Crippen LogP contribution is -2.21. The number of anilines is 1. The molecule has 0 saturated heterocycles. The minimum Gasteiger partial charge on any atom is -0.486 e. The van der Waals surface area contributed by atoms with Crippen LogP contribution in [0, 0.1) is 0 Å². The molecule has 3 rings (SSSR count). The molecule has 24 heavy (non-hydrogen) atoms. The number of rotatable bonds is 4. The van der Waals surface area contributed by atoms with Gasteiger partial charge < -0.3 is 19.5 Å². The van der Waals surface area contributed by atoms with Crippen LogP contribution in [-0.2, 0) is 4.79 Å². The zero-order valence-electron chi connectivity index (χ0n) is 12.3. The number of benzene rings is 2. The van der Waals surface area contributed by atoms with Crippen LogP contribution in [0.5, 0.6) is 17.2 Å². The van der Waals surface area contributed by atoms with E-state index in [1.54, 1.807) is 18.2 Å². The fraction of sp³-hybridized carbons (Fsp3) is 0.188. The Morgan fingerprint density at radius 3 is 2.58 bits per heavy atom. The Morgan fingerprint density at radius 2 is 1.88 bits per heavy atom. The van der Waals surface area contributed by atoms with Crippen molar-refractivity contribution in [3.8, 4) is 17.2 Å². The van der Waals surface area contributed by atoms with Crippen molar-refractivity contribution in [1.29, 1.82) is 0 Å². The summed E-state index contributed by atoms with van der Waals surface area (Å²) in [6.07, 6.45) is 0. The van der Waals surface area contributed by atoms with Crippen LogP contribution in [0.2, 0.25) is 5.02 Å². The number of carbonyl (C=O) groups excluding carboxylic acids is 1. The third-order valence-corrected chi connectivity index (χ3v) is 4.58. The van der Waals surface area contributed by atoms with Crippen molar-refractivity contribution in [3.05, 3.63) is 44.3 Å². The van der Waals surface area contributed by atoms with E-state index in [4.69, 9.17) is 25.8 Å². The van der Waals surface area contributed by atoms with Crippen LogP contribution in [0.4, 0.5) is 5.69 Å². The van der Waals surface area contributed by atoms with Gasteiger partial charge in [-0.1, -0.05) is 27.5 Å². The summed E-state index contributed by atoms with van der Waals surface area (Å²) in [4.78, 5) is 12.1. The van der Waals surface area contributed by atoms with Crippen molar-refractivity contribution in [3.63, 3.8) is 0 Å². The molecule has 0 aliphatic carbocycles. The molecular formula is C16H12Br2ClNO4. The number of ether oxygens (including phenoxy) is 3. The summed E-state index contributed by atoms with van der Waals surface area (Å²) in [6, 6.07) is 8.70. The molecule has 0 saturated carbocycles. The second-order valence-electron chi connectivity index (χ2n) is 4.89. The Kier molecular flexibility index (Phi) is 5.53. The molecule has 0 radical (unpaired) electrons. The maximum Gasteiger partial charge on any atom is 0.262 e. The average molecular weight is 478 g/mol. The SMILES string of the molecule is O=C(COc1ccc(Br)cc1Br)Nc1cc2c(cc1Cl)OCCO2. The average Bonchev–Trinajstić information content (AvgIpc) is 2.55. The van der Waals surface area contributed by atoms with Crippen molar-refractivity contribution in [2.45, 2.75) is 0 Å². The quantitative estimate of drug-likeness (QED) is 0.696. The number of amides is 1. The lowest BCUT2D eigenvalue weighted by molar-refractivity contribution is -0.118. The highest BCUT2D eigenvalue weighted by Crippen LogP contribution is 2.38. The summed E-state index contributed by atoms with van der Waals surface area (Å²) in [5, 5.41) is 3.08. The molecule has 0 aromatic heterocycles. The minimum atomic E-state index is -0.330. The zero-order chi connectivity index (χ0) is 17.1. The fourth-order valence-corrected chi connectivity index (χ4v) is 3.44. The summed E-state index contributed by atoms with van der Waals surface area (Å²) in [7, 11) is 0. The first-order valence-electron chi connectivity index (χ1n) is 7.00. The van der Waals surface area contributed by atoms with Crippen LogP contribution in [0.1, 0.15) is 0 Å². The summed E-state index contributed by atoms with van der Waals surface area (Å²) in [5.74, 6) is 1.36. The first-order chi connectivity index (χ1) is 11.5. The van der Waals surface area contributed by atoms with Crippen LogP contribution in [0.15, 0.2) is 39.3 Å². The molecule has 1 aliphatic rings. The van der Waals surface area contributed by atoms with E-state index in [0.29, 0.717) is 41.2 Å². The number of carbonyl (C=O) groups is 1. The number of hydrogen-bond donors (Lipinski definition) is 1. The van der Waals surface area contributed by atoms with Gasteiger partial charge in [-0.05, 0) is 34.1 Å². The second-order valence-corrected chi connectivity index (χ2v) is 7.06. The highest BCUT2D eigenvalue weighted by molar-refractivity contribution is 9.11. The van der Waals surface area contributed by atoms with E-state index in [1.165, 1.54) is 0 Å². The number of fused-ring (bicyclic) bond motifs is 1. The van der Waals surface area contributed by atoms with Gasteiger partial charge in [-0.15, -0.1) is 0 Å². The molecule has 1 N–H and O–H groups in total. The molecule has 0 spiro atoms. The predicted molar refractivity (Wildman–Crippen MR) is 98.4 cm³/mol. The lowest BCUT2D eigenvalue weighted by atomic mass is 10.2. The van der Waals surface area contributed by atoms with Gasteiger partial charge >= 0.3 is 0 Å². The fourth-order valence-electron chi connectivity index (χ4n) is 2.08. The van der Waals surface area contributed by atoms with Gasteiger partial charge in [0.1, 0.15) is 19.0 Å². The van der Waals surface area contributed by atoms with Gasteiger partial charge in [0.25, 0.3) is 5.91 Å². The Hall–Kier alpha value is -1.44. The molecule has 126 valence electrons. The highest BCUT2D eigenvalue weighted by atomic mass is 79.9. The van der Waals surface area contributed by atoms with Crippen LogP contribution in [-0.4, -0.2) is 25.7 Å². The van der Waals surface area contributed by atoms with Crippen molar-refractivity contribution >= 4 is 55.1 Å². The molecule has 5 nitrogen and oxygen atoms in total. The topological polar surface area (TPSA) is 56.8 Å². The molecule has 0 unspecified atom stereocenters. The van der Waals surface area contributed by atoms with Crippen molar-refractivity contribution in [2.75, 3.05) is 25.1 Å². The third kappa shape index (κ3) is 4.15. The van der Waals surface area contributed by atoms with Gasteiger partial charge in [0.05, 0.1) is 15.2 Å². The molecular weight excluding hydrogens is 465 g/mol. The van der Waals surface area contributed by atoms with Crippen LogP contribution in [0.3, 0.4) is 0 Å². The van der Waals surface area contributed by atoms with Gasteiger partial charge in [0, 0.05) is 16.6 Å². The van der Waals surface area contributed by atoms with E-state index >= 15 is 0 Å². The lowest BCUT2D eigenvalue weighted by Gasteiger charge is -2.20. The van der Waals surface area contributed by atoms with Crippen molar-refractivity contribution < 1.29 is 19.0 Å². The van der Waals surface area contributed by atoms with Gasteiger partial charge in [-0.2, -0.15) is 0 Å². The highest BCUT2D eigenvalue weighted by Gasteiger charge is 2.16. The van der Waals surface area contributed by atoms with Crippen LogP contribution >= 0.6 is 43.5 Å². The molecule has 0 fully saturated rings. The maximum absolute atomic E-state index is 12.1. The standard InChI is InChI=1S/C16H12Br2ClNO4/c17-9-1-2-13(10(18)5-9)24-8-16(21)20-12-7-15-14(6-11(12)19)22-3-4-23-15/h1-2,5-7H,3-4,8H2,(H,20,21). The summed E-state index contributed by atoms with van der Waals surface area (Å²) in [5.41, 5.74) is 0.449. The minimum absolute atomic E-state index is 0.148. The predicted octanol–water partition coefficient (Wildman–Crippen LogP) is 4.65. The second kappa shape index (κ2) is 7.63. The molecule has 8 heteroatoms. The van der Waals surface area contributed by atoms with Gasteiger partial charge in [-0.3, -0.25) is 4.79 Å². The van der Waals surface area contributed by atoms with Gasteiger partial charge in [0.2, 0.25) is 0 Å². The number of hydrogen-bond acceptors (Lipinski definition) is 4. The summed E-state index contributed by atoms with van der Waals surface area (Å²) >= 11 is 12.9. The van der Waals surface area contributed by atoms with Crippen LogP contribution < -0.4 is 19.5 Å². The third-order valence-electron chi connectivity index (χ3n) is 3.16. The van der Waals surface area contributed by atoms with Crippen LogP contribution in [0.25, 0.3) is 0 Å². The smallest absolute Gasteiger partial charge is 0.262 e. The van der Waals surface area contributed by atoms with Gasteiger partial charge in [0.15, 0.2) is 18.1 Å². The zero-order valence-corrected chi connectivity index (χ0v) is 16.2. The van der Waals surface area contributed by atoms with Gasteiger partial charge in [-0.25, -0.2) is 0 Å². The normalized spacial score (nSPS) is 12.6. The van der Waals surface area contributed by atoms with Crippen molar-refractivity contribution in [2.24, 2.45) is 0 Å². The van der Waals surface area contributed by atoms with E-state index in [-0.39, 0.29) is 12.5 Å². The van der Waals surface area contributed by atoms with E-state index < -0.39 is 0 Å². The van der Waals surface area contributed by atoms with E-state index in [2.05, 4.69) is 37.2 Å². The number of halogens is 3. The Balaban J connectivity index is 1.64. The molecule has 1 amide bonds. The molecule has 2 aromatic rings. The Labute approximate surface area is 160 Å². The van der Waals surface area contributed by atoms with E-state index in [9.17, 15) is 4.79 Å². The molecule has 1 heterocycles. The summed E-state index contributed by atoms with van der Waals surface area (Å²) < 4.78 is 18.1. The molecule has 0 atom stereocenters. The maximum atomic E-state index is 12.1. The van der Waals surface area contributed by atoms with E-state index in [1.807, 2.05) is 12.1 Å². The van der Waals surface area contributed by atoms with Crippen molar-refractivity contribution in [1.82, 2.24) is 0 Å².